The van der Waals surface area contributed by atoms with Crippen LogP contribution in [0.1, 0.15) is 16.8 Å². The highest BCUT2D eigenvalue weighted by Gasteiger charge is 2.09. The lowest BCUT2D eigenvalue weighted by atomic mass is 10.1. The Morgan fingerprint density at radius 1 is 1.60 bits per heavy atom. The second kappa shape index (κ2) is 5.01. The normalized spacial score (nSPS) is 9.33. The SMILES string of the molecule is C#CCCNC(=O)c1cc(F)ccc1N. The second-order valence-electron chi connectivity index (χ2n) is 2.94. The first kappa shape index (κ1) is 11.1. The van der Waals surface area contributed by atoms with E-state index >= 15 is 0 Å². The standard InChI is InChI=1S/C11H11FN2O/c1-2-3-6-14-11(15)9-7-8(12)4-5-10(9)13/h1,4-5,7H,3,6,13H2,(H,14,15). The Kier molecular flexibility index (Phi) is 3.69. The number of nitrogens with two attached hydrogens (primary N) is 1. The van der Waals surface area contributed by atoms with Crippen LogP contribution >= 0.6 is 0 Å². The van der Waals surface area contributed by atoms with Crippen LogP contribution in [0.3, 0.4) is 0 Å². The molecule has 0 saturated heterocycles. The molecule has 4 heteroatoms. The maximum atomic E-state index is 12.8. The average molecular weight is 206 g/mol. The van der Waals surface area contributed by atoms with Gasteiger partial charge in [-0.05, 0) is 18.2 Å². The van der Waals surface area contributed by atoms with Crippen LogP contribution in [-0.4, -0.2) is 12.5 Å². The minimum Gasteiger partial charge on any atom is -0.398 e. The monoisotopic (exact) mass is 206 g/mol. The van der Waals surface area contributed by atoms with Gasteiger partial charge in [-0.2, -0.15) is 0 Å². The maximum absolute atomic E-state index is 12.8. The lowest BCUT2D eigenvalue weighted by molar-refractivity contribution is 0.0955. The van der Waals surface area contributed by atoms with Crippen molar-refractivity contribution in [2.24, 2.45) is 0 Å². The zero-order chi connectivity index (χ0) is 11.3. The number of terminal acetylenes is 1. The Morgan fingerprint density at radius 2 is 2.33 bits per heavy atom. The van der Waals surface area contributed by atoms with E-state index in [9.17, 15) is 9.18 Å². The predicted molar refractivity (Wildman–Crippen MR) is 56.6 cm³/mol. The molecule has 0 bridgehead atoms. The lowest BCUT2D eigenvalue weighted by Crippen LogP contribution is -2.25. The molecule has 1 aromatic carbocycles. The number of nitrogen functional groups attached to an aromatic ring is 1. The number of amides is 1. The smallest absolute Gasteiger partial charge is 0.253 e. The molecule has 0 radical (unpaired) electrons. The molecular formula is C11H11FN2O. The van der Waals surface area contributed by atoms with Crippen molar-refractivity contribution in [1.82, 2.24) is 5.32 Å². The number of nitrogens with one attached hydrogen (secondary N) is 1. The van der Waals surface area contributed by atoms with Crippen LogP contribution in [-0.2, 0) is 0 Å². The van der Waals surface area contributed by atoms with Crippen molar-refractivity contribution in [3.05, 3.63) is 29.6 Å². The Hall–Kier alpha value is -2.02. The number of benzene rings is 1. The molecule has 0 aliphatic rings. The highest BCUT2D eigenvalue weighted by molar-refractivity contribution is 5.99. The highest BCUT2D eigenvalue weighted by Crippen LogP contribution is 2.12. The minimum absolute atomic E-state index is 0.132. The number of halogens is 1. The zero-order valence-corrected chi connectivity index (χ0v) is 8.09. The number of carbonyl (C=O) groups is 1. The third kappa shape index (κ3) is 2.99. The van der Waals surface area contributed by atoms with E-state index in [4.69, 9.17) is 12.2 Å². The molecule has 0 aliphatic carbocycles. The van der Waals surface area contributed by atoms with Gasteiger partial charge in [0.2, 0.25) is 0 Å². The molecule has 0 saturated carbocycles. The van der Waals surface area contributed by atoms with Crippen LogP contribution in [0.2, 0.25) is 0 Å². The van der Waals surface area contributed by atoms with Crippen molar-refractivity contribution in [3.63, 3.8) is 0 Å². The van der Waals surface area contributed by atoms with E-state index in [-0.39, 0.29) is 11.3 Å². The maximum Gasteiger partial charge on any atom is 0.253 e. The predicted octanol–water partition coefficient (Wildman–Crippen LogP) is 1.16. The van der Waals surface area contributed by atoms with Crippen molar-refractivity contribution < 1.29 is 9.18 Å². The summed E-state index contributed by atoms with van der Waals surface area (Å²) in [6.07, 6.45) is 5.45. The van der Waals surface area contributed by atoms with Gasteiger partial charge in [0.15, 0.2) is 0 Å². The van der Waals surface area contributed by atoms with E-state index in [1.165, 1.54) is 12.1 Å². The van der Waals surface area contributed by atoms with Crippen LogP contribution in [0.5, 0.6) is 0 Å². The largest absolute Gasteiger partial charge is 0.398 e. The number of carbonyl (C=O) groups excluding carboxylic acids is 1. The summed E-state index contributed by atoms with van der Waals surface area (Å²) in [6.45, 7) is 0.352. The average Bonchev–Trinajstić information content (AvgIpc) is 2.22. The summed E-state index contributed by atoms with van der Waals surface area (Å²) in [7, 11) is 0. The van der Waals surface area contributed by atoms with Crippen molar-refractivity contribution in [1.29, 1.82) is 0 Å². The van der Waals surface area contributed by atoms with Gasteiger partial charge < -0.3 is 11.1 Å². The fourth-order valence-electron chi connectivity index (χ4n) is 1.07. The molecule has 1 aromatic rings. The minimum atomic E-state index is -0.494. The number of anilines is 1. The van der Waals surface area contributed by atoms with Gasteiger partial charge in [0, 0.05) is 18.7 Å². The summed E-state index contributed by atoms with van der Waals surface area (Å²) in [5.41, 5.74) is 5.90. The molecule has 15 heavy (non-hydrogen) atoms. The molecule has 0 aliphatic heterocycles. The fourth-order valence-corrected chi connectivity index (χ4v) is 1.07. The first-order valence-corrected chi connectivity index (χ1v) is 4.42. The van der Waals surface area contributed by atoms with Crippen LogP contribution < -0.4 is 11.1 Å². The molecule has 1 rings (SSSR count). The molecule has 1 amide bonds. The highest BCUT2D eigenvalue weighted by atomic mass is 19.1. The van der Waals surface area contributed by atoms with Gasteiger partial charge >= 0.3 is 0 Å². The zero-order valence-electron chi connectivity index (χ0n) is 8.09. The van der Waals surface area contributed by atoms with E-state index in [1.54, 1.807) is 0 Å². The quantitative estimate of drug-likeness (QED) is 0.443. The van der Waals surface area contributed by atoms with E-state index in [1.807, 2.05) is 0 Å². The van der Waals surface area contributed by atoms with Gasteiger partial charge in [0.1, 0.15) is 5.82 Å². The second-order valence-corrected chi connectivity index (χ2v) is 2.94. The molecule has 0 aromatic heterocycles. The summed E-state index contributed by atoms with van der Waals surface area (Å²) >= 11 is 0. The van der Waals surface area contributed by atoms with Crippen molar-refractivity contribution >= 4 is 11.6 Å². The molecule has 78 valence electrons. The summed E-state index contributed by atoms with van der Waals surface area (Å²) < 4.78 is 12.8. The van der Waals surface area contributed by atoms with E-state index < -0.39 is 11.7 Å². The van der Waals surface area contributed by atoms with E-state index in [2.05, 4.69) is 11.2 Å². The van der Waals surface area contributed by atoms with E-state index in [0.717, 1.165) is 6.07 Å². The van der Waals surface area contributed by atoms with Gasteiger partial charge in [-0.15, -0.1) is 12.3 Å². The first-order chi connectivity index (χ1) is 7.15. The van der Waals surface area contributed by atoms with Crippen LogP contribution in [0, 0.1) is 18.2 Å². The van der Waals surface area contributed by atoms with Crippen molar-refractivity contribution in [3.8, 4) is 12.3 Å². The first-order valence-electron chi connectivity index (χ1n) is 4.42. The number of rotatable bonds is 3. The van der Waals surface area contributed by atoms with Crippen LogP contribution in [0.25, 0.3) is 0 Å². The van der Waals surface area contributed by atoms with Crippen molar-refractivity contribution in [2.45, 2.75) is 6.42 Å². The Labute approximate surface area is 87.5 Å². The number of hydrogen-bond donors (Lipinski definition) is 2. The topological polar surface area (TPSA) is 55.1 Å². The summed E-state index contributed by atoms with van der Waals surface area (Å²) in [5, 5.41) is 2.54. The molecule has 0 unspecified atom stereocenters. The van der Waals surface area contributed by atoms with Crippen LogP contribution in [0.15, 0.2) is 18.2 Å². The molecule has 0 spiro atoms. The molecule has 0 fully saturated rings. The van der Waals surface area contributed by atoms with Gasteiger partial charge in [0.25, 0.3) is 5.91 Å². The summed E-state index contributed by atoms with van der Waals surface area (Å²) in [5.74, 6) is 1.47. The third-order valence-electron chi connectivity index (χ3n) is 1.81. The van der Waals surface area contributed by atoms with Gasteiger partial charge in [0.05, 0.1) is 5.56 Å². The molecule has 3 nitrogen and oxygen atoms in total. The lowest BCUT2D eigenvalue weighted by Gasteiger charge is -2.05. The molecule has 0 atom stereocenters. The molecule has 3 N–H and O–H groups in total. The van der Waals surface area contributed by atoms with E-state index in [0.29, 0.717) is 13.0 Å². The Balaban J connectivity index is 2.73. The van der Waals surface area contributed by atoms with Gasteiger partial charge in [-0.1, -0.05) is 0 Å². The third-order valence-corrected chi connectivity index (χ3v) is 1.81. The number of hydrogen-bond acceptors (Lipinski definition) is 2. The van der Waals surface area contributed by atoms with Crippen LogP contribution in [0.4, 0.5) is 10.1 Å². The molecule has 0 heterocycles. The fraction of sp³-hybridized carbons (Fsp3) is 0.182. The summed E-state index contributed by atoms with van der Waals surface area (Å²) in [6, 6.07) is 3.65. The Morgan fingerprint density at radius 3 is 3.00 bits per heavy atom. The van der Waals surface area contributed by atoms with Gasteiger partial charge in [-0.25, -0.2) is 4.39 Å². The van der Waals surface area contributed by atoms with Crippen molar-refractivity contribution in [2.75, 3.05) is 12.3 Å². The van der Waals surface area contributed by atoms with Gasteiger partial charge in [-0.3, -0.25) is 4.79 Å². The Bertz CT molecular complexity index is 410. The summed E-state index contributed by atoms with van der Waals surface area (Å²) in [4.78, 5) is 11.5. The molecular weight excluding hydrogens is 195 g/mol.